The molecule has 0 aromatic rings. The standard InChI is InChI=1S/C16H24O3/c1-6-8-16(13-15(4)14(3)7-2)19-12-11-18-10-9-17-5/h2,8,13H,3,6,9-12H2,1,4-5H3/b15-13-,16-8+. The number of hydrogen-bond donors (Lipinski definition) is 0. The first-order valence-electron chi connectivity index (χ1n) is 6.39. The molecule has 0 amide bonds. The van der Waals surface area contributed by atoms with Crippen molar-refractivity contribution in [3.05, 3.63) is 35.6 Å². The molecule has 0 N–H and O–H groups in total. The molecule has 0 heterocycles. The number of terminal acetylenes is 1. The number of methoxy groups -OCH3 is 1. The van der Waals surface area contributed by atoms with Crippen LogP contribution in [0.5, 0.6) is 0 Å². The van der Waals surface area contributed by atoms with Crippen LogP contribution in [0.25, 0.3) is 0 Å². The Hall–Kier alpha value is -1.50. The van der Waals surface area contributed by atoms with E-state index in [1.807, 2.05) is 19.1 Å². The first-order chi connectivity index (χ1) is 9.15. The van der Waals surface area contributed by atoms with Gasteiger partial charge in [-0.3, -0.25) is 0 Å². The Kier molecular flexibility index (Phi) is 10.7. The van der Waals surface area contributed by atoms with Crippen LogP contribution < -0.4 is 0 Å². The van der Waals surface area contributed by atoms with Gasteiger partial charge in [0.2, 0.25) is 0 Å². The topological polar surface area (TPSA) is 27.7 Å². The monoisotopic (exact) mass is 264 g/mol. The van der Waals surface area contributed by atoms with Crippen molar-refractivity contribution in [2.75, 3.05) is 33.5 Å². The molecule has 0 fully saturated rings. The molecule has 0 atom stereocenters. The fourth-order valence-corrected chi connectivity index (χ4v) is 1.24. The van der Waals surface area contributed by atoms with E-state index in [1.54, 1.807) is 7.11 Å². The molecule has 0 bridgehead atoms. The second kappa shape index (κ2) is 11.6. The molecule has 0 rings (SSSR count). The van der Waals surface area contributed by atoms with Crippen molar-refractivity contribution in [3.8, 4) is 12.3 Å². The van der Waals surface area contributed by atoms with Gasteiger partial charge in [0.15, 0.2) is 0 Å². The van der Waals surface area contributed by atoms with Crippen LogP contribution in [0.4, 0.5) is 0 Å². The molecular formula is C16H24O3. The highest BCUT2D eigenvalue weighted by atomic mass is 16.5. The van der Waals surface area contributed by atoms with Gasteiger partial charge in [0.25, 0.3) is 0 Å². The van der Waals surface area contributed by atoms with E-state index in [4.69, 9.17) is 20.6 Å². The molecule has 0 aliphatic carbocycles. The normalized spacial score (nSPS) is 12.1. The first-order valence-corrected chi connectivity index (χ1v) is 6.39. The molecule has 0 spiro atoms. The minimum atomic E-state index is 0.502. The van der Waals surface area contributed by atoms with Crippen LogP contribution in [0, 0.1) is 12.3 Å². The fraction of sp³-hybridized carbons (Fsp3) is 0.500. The highest BCUT2D eigenvalue weighted by molar-refractivity contribution is 5.43. The minimum Gasteiger partial charge on any atom is -0.492 e. The van der Waals surface area contributed by atoms with Gasteiger partial charge in [-0.05, 0) is 31.1 Å². The van der Waals surface area contributed by atoms with Crippen molar-refractivity contribution in [1.29, 1.82) is 0 Å². The third kappa shape index (κ3) is 9.12. The summed E-state index contributed by atoms with van der Waals surface area (Å²) in [6.45, 7) is 9.98. The number of hydrogen-bond acceptors (Lipinski definition) is 3. The van der Waals surface area contributed by atoms with E-state index in [-0.39, 0.29) is 0 Å². The van der Waals surface area contributed by atoms with Gasteiger partial charge in [0.1, 0.15) is 12.4 Å². The van der Waals surface area contributed by atoms with E-state index in [0.717, 1.165) is 17.8 Å². The quantitative estimate of drug-likeness (QED) is 0.263. The largest absolute Gasteiger partial charge is 0.492 e. The van der Waals surface area contributed by atoms with Crippen LogP contribution in [-0.2, 0) is 14.2 Å². The third-order valence-corrected chi connectivity index (χ3v) is 2.34. The highest BCUT2D eigenvalue weighted by Crippen LogP contribution is 2.11. The lowest BCUT2D eigenvalue weighted by Crippen LogP contribution is -2.08. The van der Waals surface area contributed by atoms with Crippen LogP contribution in [-0.4, -0.2) is 33.5 Å². The van der Waals surface area contributed by atoms with Crippen LogP contribution >= 0.6 is 0 Å². The summed E-state index contributed by atoms with van der Waals surface area (Å²) in [5.41, 5.74) is 1.60. The maximum Gasteiger partial charge on any atom is 0.115 e. The Labute approximate surface area is 116 Å². The molecule has 0 radical (unpaired) electrons. The second-order valence-corrected chi connectivity index (χ2v) is 3.92. The number of ether oxygens (including phenoxy) is 3. The van der Waals surface area contributed by atoms with Crippen LogP contribution in [0.2, 0.25) is 0 Å². The van der Waals surface area contributed by atoms with E-state index in [0.29, 0.717) is 32.0 Å². The van der Waals surface area contributed by atoms with E-state index in [2.05, 4.69) is 19.4 Å². The Morgan fingerprint density at radius 1 is 1.26 bits per heavy atom. The van der Waals surface area contributed by atoms with Gasteiger partial charge < -0.3 is 14.2 Å². The molecule has 0 aromatic carbocycles. The van der Waals surface area contributed by atoms with Crippen LogP contribution in [0.3, 0.4) is 0 Å². The Morgan fingerprint density at radius 2 is 1.95 bits per heavy atom. The van der Waals surface area contributed by atoms with Crippen LogP contribution in [0.15, 0.2) is 35.6 Å². The maximum atomic E-state index is 5.64. The maximum absolute atomic E-state index is 5.64. The van der Waals surface area contributed by atoms with Crippen molar-refractivity contribution >= 4 is 0 Å². The van der Waals surface area contributed by atoms with Gasteiger partial charge in [-0.15, -0.1) is 6.42 Å². The molecule has 0 saturated heterocycles. The van der Waals surface area contributed by atoms with E-state index in [9.17, 15) is 0 Å². The van der Waals surface area contributed by atoms with E-state index >= 15 is 0 Å². The fourth-order valence-electron chi connectivity index (χ4n) is 1.24. The molecule has 19 heavy (non-hydrogen) atoms. The van der Waals surface area contributed by atoms with Crippen LogP contribution in [0.1, 0.15) is 20.3 Å². The summed E-state index contributed by atoms with van der Waals surface area (Å²) in [7, 11) is 1.65. The summed E-state index contributed by atoms with van der Waals surface area (Å²) in [6.07, 6.45) is 10.1. The van der Waals surface area contributed by atoms with Gasteiger partial charge >= 0.3 is 0 Å². The van der Waals surface area contributed by atoms with Crippen molar-refractivity contribution in [3.63, 3.8) is 0 Å². The van der Waals surface area contributed by atoms with Crippen molar-refractivity contribution in [2.45, 2.75) is 20.3 Å². The molecule has 0 aliphatic heterocycles. The SMILES string of the molecule is C#CC(=C)/C(C)=C\C(=C/CC)OCCOCCOC. The lowest BCUT2D eigenvalue weighted by Gasteiger charge is -2.09. The summed E-state index contributed by atoms with van der Waals surface area (Å²) in [4.78, 5) is 0. The first kappa shape index (κ1) is 17.5. The summed E-state index contributed by atoms with van der Waals surface area (Å²) in [5, 5.41) is 0. The predicted molar refractivity (Wildman–Crippen MR) is 78.8 cm³/mol. The Morgan fingerprint density at radius 3 is 2.53 bits per heavy atom. The highest BCUT2D eigenvalue weighted by Gasteiger charge is 1.98. The van der Waals surface area contributed by atoms with Crippen molar-refractivity contribution < 1.29 is 14.2 Å². The lowest BCUT2D eigenvalue weighted by molar-refractivity contribution is 0.0430. The van der Waals surface area contributed by atoms with Crippen molar-refractivity contribution in [2.24, 2.45) is 0 Å². The summed E-state index contributed by atoms with van der Waals surface area (Å²) >= 11 is 0. The second-order valence-electron chi connectivity index (χ2n) is 3.92. The molecule has 3 heteroatoms. The molecule has 3 nitrogen and oxygen atoms in total. The third-order valence-electron chi connectivity index (χ3n) is 2.34. The molecule has 0 aliphatic rings. The smallest absolute Gasteiger partial charge is 0.115 e. The van der Waals surface area contributed by atoms with E-state index in [1.165, 1.54) is 0 Å². The van der Waals surface area contributed by atoms with Gasteiger partial charge in [0.05, 0.1) is 19.8 Å². The minimum absolute atomic E-state index is 0.502. The van der Waals surface area contributed by atoms with E-state index < -0.39 is 0 Å². The van der Waals surface area contributed by atoms with Gasteiger partial charge in [-0.2, -0.15) is 0 Å². The Bertz CT molecular complexity index is 359. The zero-order chi connectivity index (χ0) is 14.5. The molecule has 0 aromatic heterocycles. The molecule has 0 saturated carbocycles. The zero-order valence-electron chi connectivity index (χ0n) is 12.2. The molecule has 0 unspecified atom stereocenters. The summed E-state index contributed by atoms with van der Waals surface area (Å²) in [6, 6.07) is 0. The zero-order valence-corrected chi connectivity index (χ0v) is 12.2. The van der Waals surface area contributed by atoms with Gasteiger partial charge in [-0.25, -0.2) is 0 Å². The van der Waals surface area contributed by atoms with Crippen molar-refractivity contribution in [1.82, 2.24) is 0 Å². The average Bonchev–Trinajstić information content (AvgIpc) is 2.41. The molecular weight excluding hydrogens is 240 g/mol. The Balaban J connectivity index is 4.19. The van der Waals surface area contributed by atoms with Gasteiger partial charge in [-0.1, -0.05) is 19.4 Å². The average molecular weight is 264 g/mol. The lowest BCUT2D eigenvalue weighted by atomic mass is 10.1. The predicted octanol–water partition coefficient (Wildman–Crippen LogP) is 3.10. The van der Waals surface area contributed by atoms with Gasteiger partial charge in [0, 0.05) is 12.7 Å². The summed E-state index contributed by atoms with van der Waals surface area (Å²) < 4.78 is 15.8. The molecule has 106 valence electrons. The number of allylic oxidation sites excluding steroid dienone is 4. The summed E-state index contributed by atoms with van der Waals surface area (Å²) in [5.74, 6) is 3.32. The number of rotatable bonds is 10.